The van der Waals surface area contributed by atoms with E-state index in [0.717, 1.165) is 27.1 Å². The lowest BCUT2D eigenvalue weighted by molar-refractivity contribution is -0.222. The summed E-state index contributed by atoms with van der Waals surface area (Å²) in [5.41, 5.74) is 3.57. The second-order valence-corrected chi connectivity index (χ2v) is 7.29. The number of ether oxygens (including phenoxy) is 2. The number of esters is 2. The van der Waals surface area contributed by atoms with Gasteiger partial charge in [-0.2, -0.15) is 0 Å². The number of aromatic nitrogens is 1. The van der Waals surface area contributed by atoms with E-state index in [1.54, 1.807) is 0 Å². The second kappa shape index (κ2) is 6.19. The van der Waals surface area contributed by atoms with Crippen LogP contribution in [-0.2, 0) is 19.1 Å². The molecule has 0 unspecified atom stereocenters. The molecule has 0 radical (unpaired) electrons. The predicted molar refractivity (Wildman–Crippen MR) is 97.2 cm³/mol. The fourth-order valence-electron chi connectivity index (χ4n) is 2.86. The van der Waals surface area contributed by atoms with Gasteiger partial charge in [-0.05, 0) is 55.8 Å². The van der Waals surface area contributed by atoms with Gasteiger partial charge in [-0.1, -0.05) is 15.9 Å². The lowest BCUT2D eigenvalue weighted by Gasteiger charge is -2.29. The Bertz CT molecular complexity index is 869. The summed E-state index contributed by atoms with van der Waals surface area (Å²) in [6.07, 6.45) is 1.53. The van der Waals surface area contributed by atoms with Crippen LogP contribution in [0.3, 0.4) is 0 Å². The molecule has 1 aliphatic rings. The fourth-order valence-corrected chi connectivity index (χ4v) is 3.12. The van der Waals surface area contributed by atoms with Crippen LogP contribution in [0, 0.1) is 13.8 Å². The smallest absolute Gasteiger partial charge is 0.348 e. The van der Waals surface area contributed by atoms with E-state index in [1.807, 2.05) is 44.2 Å². The molecule has 0 bridgehead atoms. The maximum atomic E-state index is 12.1. The molecule has 1 aromatic heterocycles. The maximum absolute atomic E-state index is 12.1. The molecule has 0 amide bonds. The molecule has 2 aromatic rings. The summed E-state index contributed by atoms with van der Waals surface area (Å²) >= 11 is 3.43. The van der Waals surface area contributed by atoms with Gasteiger partial charge < -0.3 is 14.0 Å². The lowest BCUT2D eigenvalue weighted by atomic mass is 10.1. The molecular weight excluding hydrogens is 386 g/mol. The Kier molecular flexibility index (Phi) is 4.33. The van der Waals surface area contributed by atoms with Gasteiger partial charge in [-0.25, -0.2) is 9.59 Å². The van der Waals surface area contributed by atoms with Crippen LogP contribution in [0.4, 0.5) is 0 Å². The van der Waals surface area contributed by atoms with E-state index >= 15 is 0 Å². The summed E-state index contributed by atoms with van der Waals surface area (Å²) < 4.78 is 13.3. The highest BCUT2D eigenvalue weighted by Crippen LogP contribution is 2.27. The van der Waals surface area contributed by atoms with Crippen molar-refractivity contribution < 1.29 is 19.1 Å². The highest BCUT2D eigenvalue weighted by atomic mass is 79.9. The summed E-state index contributed by atoms with van der Waals surface area (Å²) in [6.45, 7) is 6.96. The van der Waals surface area contributed by atoms with Gasteiger partial charge in [0.25, 0.3) is 5.79 Å². The number of nitrogens with zero attached hydrogens (tertiary/aromatic N) is 1. The maximum Gasteiger partial charge on any atom is 0.348 e. The molecule has 1 saturated heterocycles. The van der Waals surface area contributed by atoms with E-state index in [1.165, 1.54) is 19.9 Å². The van der Waals surface area contributed by atoms with Crippen LogP contribution < -0.4 is 0 Å². The minimum Gasteiger partial charge on any atom is -0.419 e. The van der Waals surface area contributed by atoms with Gasteiger partial charge in [0.15, 0.2) is 0 Å². The first-order valence-electron chi connectivity index (χ1n) is 7.81. The van der Waals surface area contributed by atoms with Crippen molar-refractivity contribution >= 4 is 33.9 Å². The summed E-state index contributed by atoms with van der Waals surface area (Å²) in [7, 11) is 0. The molecule has 2 heterocycles. The van der Waals surface area contributed by atoms with Gasteiger partial charge >= 0.3 is 11.9 Å². The van der Waals surface area contributed by atoms with Gasteiger partial charge in [0.2, 0.25) is 0 Å². The molecule has 0 saturated carbocycles. The van der Waals surface area contributed by atoms with Crippen LogP contribution in [-0.4, -0.2) is 22.3 Å². The number of hydrogen-bond donors (Lipinski definition) is 0. The Morgan fingerprint density at radius 2 is 1.60 bits per heavy atom. The number of carbonyl (C=O) groups is 2. The zero-order chi connectivity index (χ0) is 18.4. The number of halogens is 1. The summed E-state index contributed by atoms with van der Waals surface area (Å²) in [5, 5.41) is 0. The number of aryl methyl sites for hydroxylation is 1. The Morgan fingerprint density at radius 3 is 2.16 bits per heavy atom. The third-order valence-electron chi connectivity index (χ3n) is 3.97. The molecule has 6 heteroatoms. The topological polar surface area (TPSA) is 57.5 Å². The SMILES string of the molecule is Cc1cc(C=C2C(=O)OC(C)(C)OC2=O)c(C)n1-c1ccc(Br)cc1. The van der Waals surface area contributed by atoms with Gasteiger partial charge in [-0.15, -0.1) is 0 Å². The van der Waals surface area contributed by atoms with E-state index in [0.29, 0.717) is 0 Å². The largest absolute Gasteiger partial charge is 0.419 e. The first-order valence-corrected chi connectivity index (χ1v) is 8.60. The molecule has 3 rings (SSSR count). The number of rotatable bonds is 2. The fraction of sp³-hybridized carbons (Fsp3) is 0.263. The molecule has 25 heavy (non-hydrogen) atoms. The van der Waals surface area contributed by atoms with Gasteiger partial charge in [0.1, 0.15) is 5.57 Å². The van der Waals surface area contributed by atoms with Crippen LogP contribution in [0.25, 0.3) is 11.8 Å². The zero-order valence-electron chi connectivity index (χ0n) is 14.4. The monoisotopic (exact) mass is 403 g/mol. The third-order valence-corrected chi connectivity index (χ3v) is 4.50. The van der Waals surface area contributed by atoms with Crippen LogP contribution >= 0.6 is 15.9 Å². The van der Waals surface area contributed by atoms with E-state index in [4.69, 9.17) is 9.47 Å². The number of hydrogen-bond acceptors (Lipinski definition) is 4. The number of carbonyl (C=O) groups excluding carboxylic acids is 2. The number of cyclic esters (lactones) is 2. The van der Waals surface area contributed by atoms with E-state index in [-0.39, 0.29) is 5.57 Å². The van der Waals surface area contributed by atoms with E-state index < -0.39 is 17.7 Å². The Morgan fingerprint density at radius 1 is 1.04 bits per heavy atom. The molecule has 5 nitrogen and oxygen atoms in total. The van der Waals surface area contributed by atoms with Crippen LogP contribution in [0.1, 0.15) is 30.8 Å². The molecule has 0 atom stereocenters. The van der Waals surface area contributed by atoms with Crippen molar-refractivity contribution in [2.75, 3.05) is 0 Å². The normalized spacial score (nSPS) is 16.4. The van der Waals surface area contributed by atoms with Crippen LogP contribution in [0.2, 0.25) is 0 Å². The average Bonchev–Trinajstić information content (AvgIpc) is 2.77. The highest BCUT2D eigenvalue weighted by Gasteiger charge is 2.39. The Hall–Kier alpha value is -2.34. The van der Waals surface area contributed by atoms with E-state index in [2.05, 4.69) is 20.5 Å². The Labute approximate surface area is 154 Å². The van der Waals surface area contributed by atoms with Crippen LogP contribution in [0.15, 0.2) is 40.4 Å². The minimum atomic E-state index is -1.24. The summed E-state index contributed by atoms with van der Waals surface area (Å²) in [5.74, 6) is -2.58. The quantitative estimate of drug-likeness (QED) is 0.430. The van der Waals surface area contributed by atoms with Crippen molar-refractivity contribution in [3.05, 3.63) is 57.3 Å². The second-order valence-electron chi connectivity index (χ2n) is 6.38. The molecule has 0 aliphatic carbocycles. The van der Waals surface area contributed by atoms with Crippen molar-refractivity contribution in [3.63, 3.8) is 0 Å². The van der Waals surface area contributed by atoms with Crippen molar-refractivity contribution in [1.82, 2.24) is 4.57 Å². The number of benzene rings is 1. The Balaban J connectivity index is 2.02. The average molecular weight is 404 g/mol. The minimum absolute atomic E-state index is 0.101. The first-order chi connectivity index (χ1) is 11.7. The molecule has 1 aliphatic heterocycles. The van der Waals surface area contributed by atoms with E-state index in [9.17, 15) is 9.59 Å². The van der Waals surface area contributed by atoms with Crippen molar-refractivity contribution in [2.24, 2.45) is 0 Å². The van der Waals surface area contributed by atoms with Crippen molar-refractivity contribution in [3.8, 4) is 5.69 Å². The summed E-state index contributed by atoms with van der Waals surface area (Å²) in [6, 6.07) is 9.83. The van der Waals surface area contributed by atoms with Crippen LogP contribution in [0.5, 0.6) is 0 Å². The standard InChI is InChI=1S/C19H18BrNO4/c1-11-9-13(10-16-17(22)24-19(3,4)25-18(16)23)12(2)21(11)15-7-5-14(20)6-8-15/h5-10H,1-4H3. The highest BCUT2D eigenvalue weighted by molar-refractivity contribution is 9.10. The lowest BCUT2D eigenvalue weighted by Crippen LogP contribution is -2.41. The third kappa shape index (κ3) is 3.39. The van der Waals surface area contributed by atoms with Crippen molar-refractivity contribution in [2.45, 2.75) is 33.5 Å². The van der Waals surface area contributed by atoms with Gasteiger partial charge in [-0.3, -0.25) is 0 Å². The van der Waals surface area contributed by atoms with Gasteiger partial charge in [0.05, 0.1) is 0 Å². The molecule has 0 N–H and O–H groups in total. The molecular formula is C19H18BrNO4. The van der Waals surface area contributed by atoms with Gasteiger partial charge in [0, 0.05) is 35.4 Å². The molecule has 130 valence electrons. The molecule has 0 spiro atoms. The van der Waals surface area contributed by atoms with Crippen molar-refractivity contribution in [1.29, 1.82) is 0 Å². The summed E-state index contributed by atoms with van der Waals surface area (Å²) in [4.78, 5) is 24.3. The predicted octanol–water partition coefficient (Wildman–Crippen LogP) is 4.08. The molecule has 1 aromatic carbocycles. The first kappa shape index (κ1) is 17.5. The molecule has 1 fully saturated rings. The zero-order valence-corrected chi connectivity index (χ0v) is 16.0.